The van der Waals surface area contributed by atoms with Gasteiger partial charge in [0.25, 0.3) is 5.91 Å². The number of aliphatic hydroxyl groups excluding tert-OH is 1. The second-order valence-electron chi connectivity index (χ2n) is 5.47. The van der Waals surface area contributed by atoms with Gasteiger partial charge in [0.05, 0.1) is 30.2 Å². The molecule has 3 rings (SSSR count). The van der Waals surface area contributed by atoms with E-state index < -0.39 is 0 Å². The zero-order valence-corrected chi connectivity index (χ0v) is 13.3. The minimum atomic E-state index is -0.291. The third kappa shape index (κ3) is 2.92. The molecule has 2 unspecified atom stereocenters. The van der Waals surface area contributed by atoms with E-state index in [2.05, 4.69) is 0 Å². The van der Waals surface area contributed by atoms with E-state index in [-0.39, 0.29) is 24.7 Å². The van der Waals surface area contributed by atoms with E-state index in [0.717, 1.165) is 16.0 Å². The Morgan fingerprint density at radius 2 is 2.14 bits per heavy atom. The van der Waals surface area contributed by atoms with Crippen LogP contribution in [0.1, 0.15) is 16.6 Å². The monoisotopic (exact) mass is 317 g/mol. The highest BCUT2D eigenvalue weighted by Crippen LogP contribution is 2.30. The average Bonchev–Trinajstić information content (AvgIpc) is 3.05. The molecule has 2 aromatic rings. The lowest BCUT2D eigenvalue weighted by Crippen LogP contribution is -2.51. The molecule has 1 aliphatic rings. The normalized spacial score (nSPS) is 21.8. The molecule has 0 radical (unpaired) electrons. The van der Waals surface area contributed by atoms with Crippen LogP contribution >= 0.6 is 11.3 Å². The van der Waals surface area contributed by atoms with Gasteiger partial charge < -0.3 is 14.7 Å². The summed E-state index contributed by atoms with van der Waals surface area (Å²) < 4.78 is 5.51. The Kier molecular flexibility index (Phi) is 4.57. The van der Waals surface area contributed by atoms with Gasteiger partial charge in [-0.2, -0.15) is 0 Å². The van der Waals surface area contributed by atoms with Gasteiger partial charge in [-0.15, -0.1) is 11.3 Å². The Labute approximate surface area is 134 Å². The van der Waals surface area contributed by atoms with E-state index in [4.69, 9.17) is 4.74 Å². The second kappa shape index (κ2) is 6.60. The molecule has 0 aliphatic carbocycles. The van der Waals surface area contributed by atoms with Crippen molar-refractivity contribution in [1.82, 2.24) is 4.90 Å². The topological polar surface area (TPSA) is 49.8 Å². The standard InChI is InChI=1S/C17H19NO3S/c1-12-11-21-14(10-19)9-18(12)17(20)16-15(7-8-22-16)13-5-3-2-4-6-13/h2-8,12,14,19H,9-11H2,1H3. The molecule has 1 N–H and O–H groups in total. The lowest BCUT2D eigenvalue weighted by molar-refractivity contribution is -0.0666. The molecule has 2 heterocycles. The molecule has 5 heteroatoms. The molecule has 1 amide bonds. The summed E-state index contributed by atoms with van der Waals surface area (Å²) >= 11 is 1.46. The molecule has 2 atom stereocenters. The summed E-state index contributed by atoms with van der Waals surface area (Å²) in [5.74, 6) is 0.0168. The fourth-order valence-electron chi connectivity index (χ4n) is 2.66. The molecular formula is C17H19NO3S. The smallest absolute Gasteiger partial charge is 0.264 e. The van der Waals surface area contributed by atoms with Crippen LogP contribution in [0.4, 0.5) is 0 Å². The van der Waals surface area contributed by atoms with Crippen molar-refractivity contribution < 1.29 is 14.6 Å². The van der Waals surface area contributed by atoms with Crippen molar-refractivity contribution in [2.75, 3.05) is 19.8 Å². The second-order valence-corrected chi connectivity index (χ2v) is 6.39. The van der Waals surface area contributed by atoms with Crippen LogP contribution in [0.25, 0.3) is 11.1 Å². The Bertz CT molecular complexity index is 640. The highest BCUT2D eigenvalue weighted by Gasteiger charge is 2.31. The van der Waals surface area contributed by atoms with Crippen molar-refractivity contribution in [3.63, 3.8) is 0 Å². The van der Waals surface area contributed by atoms with Crippen LogP contribution in [-0.4, -0.2) is 47.8 Å². The van der Waals surface area contributed by atoms with E-state index >= 15 is 0 Å². The molecule has 4 nitrogen and oxygen atoms in total. The van der Waals surface area contributed by atoms with Crippen molar-refractivity contribution in [2.24, 2.45) is 0 Å². The lowest BCUT2D eigenvalue weighted by atomic mass is 10.1. The maximum atomic E-state index is 12.9. The summed E-state index contributed by atoms with van der Waals surface area (Å²) in [6.07, 6.45) is -0.291. The van der Waals surface area contributed by atoms with E-state index in [9.17, 15) is 9.90 Å². The number of hydrogen-bond donors (Lipinski definition) is 1. The quantitative estimate of drug-likeness (QED) is 0.947. The van der Waals surface area contributed by atoms with E-state index in [1.54, 1.807) is 0 Å². The molecular weight excluding hydrogens is 298 g/mol. The first-order valence-electron chi connectivity index (χ1n) is 7.37. The Hall–Kier alpha value is -1.69. The average molecular weight is 317 g/mol. The van der Waals surface area contributed by atoms with Crippen LogP contribution in [0.5, 0.6) is 0 Å². The summed E-state index contributed by atoms with van der Waals surface area (Å²) in [5, 5.41) is 11.2. The summed E-state index contributed by atoms with van der Waals surface area (Å²) in [6, 6.07) is 11.9. The first kappa shape index (κ1) is 15.2. The molecule has 1 fully saturated rings. The van der Waals surface area contributed by atoms with Crippen molar-refractivity contribution in [2.45, 2.75) is 19.1 Å². The van der Waals surface area contributed by atoms with E-state index in [1.807, 2.05) is 53.6 Å². The molecule has 116 valence electrons. The van der Waals surface area contributed by atoms with Crippen LogP contribution in [0.3, 0.4) is 0 Å². The van der Waals surface area contributed by atoms with Gasteiger partial charge in [-0.3, -0.25) is 4.79 Å². The van der Waals surface area contributed by atoms with Crippen LogP contribution in [-0.2, 0) is 4.74 Å². The Balaban J connectivity index is 1.88. The first-order chi connectivity index (χ1) is 10.7. The number of amides is 1. The molecule has 0 saturated carbocycles. The lowest BCUT2D eigenvalue weighted by Gasteiger charge is -2.37. The predicted octanol–water partition coefficient (Wildman–Crippen LogP) is 2.64. The maximum absolute atomic E-state index is 12.9. The zero-order chi connectivity index (χ0) is 15.5. The number of carbonyl (C=O) groups excluding carboxylic acids is 1. The minimum Gasteiger partial charge on any atom is -0.394 e. The van der Waals surface area contributed by atoms with Crippen LogP contribution in [0.2, 0.25) is 0 Å². The van der Waals surface area contributed by atoms with Gasteiger partial charge in [0.2, 0.25) is 0 Å². The number of nitrogens with zero attached hydrogens (tertiary/aromatic N) is 1. The van der Waals surface area contributed by atoms with Crippen molar-refractivity contribution in [3.05, 3.63) is 46.7 Å². The van der Waals surface area contributed by atoms with Gasteiger partial charge in [0, 0.05) is 12.1 Å². The Morgan fingerprint density at radius 1 is 1.36 bits per heavy atom. The summed E-state index contributed by atoms with van der Waals surface area (Å²) in [6.45, 7) is 2.80. The number of morpholine rings is 1. The number of benzene rings is 1. The number of aliphatic hydroxyl groups is 1. The van der Waals surface area contributed by atoms with Gasteiger partial charge in [-0.25, -0.2) is 0 Å². The molecule has 22 heavy (non-hydrogen) atoms. The summed E-state index contributed by atoms with van der Waals surface area (Å²) in [7, 11) is 0. The van der Waals surface area contributed by atoms with Gasteiger partial charge >= 0.3 is 0 Å². The maximum Gasteiger partial charge on any atom is 0.264 e. The SMILES string of the molecule is CC1COC(CO)CN1C(=O)c1sccc1-c1ccccc1. The predicted molar refractivity (Wildman–Crippen MR) is 87.1 cm³/mol. The molecule has 0 bridgehead atoms. The molecule has 1 aliphatic heterocycles. The largest absolute Gasteiger partial charge is 0.394 e. The molecule has 1 aromatic carbocycles. The number of thiophene rings is 1. The first-order valence-corrected chi connectivity index (χ1v) is 8.25. The summed E-state index contributed by atoms with van der Waals surface area (Å²) in [5.41, 5.74) is 2.02. The highest BCUT2D eigenvalue weighted by atomic mass is 32.1. The van der Waals surface area contributed by atoms with E-state index in [0.29, 0.717) is 13.2 Å². The minimum absolute atomic E-state index is 0.0148. The van der Waals surface area contributed by atoms with Crippen LogP contribution < -0.4 is 0 Å². The fraction of sp³-hybridized carbons (Fsp3) is 0.353. The van der Waals surface area contributed by atoms with Gasteiger partial charge in [0.1, 0.15) is 0 Å². The fourth-order valence-corrected chi connectivity index (χ4v) is 3.53. The van der Waals surface area contributed by atoms with Gasteiger partial charge in [-0.1, -0.05) is 30.3 Å². The van der Waals surface area contributed by atoms with Crippen molar-refractivity contribution in [1.29, 1.82) is 0 Å². The number of rotatable bonds is 3. The van der Waals surface area contributed by atoms with Crippen molar-refractivity contribution in [3.8, 4) is 11.1 Å². The molecule has 1 saturated heterocycles. The van der Waals surface area contributed by atoms with E-state index in [1.165, 1.54) is 11.3 Å². The summed E-state index contributed by atoms with van der Waals surface area (Å²) in [4.78, 5) is 15.5. The number of hydrogen-bond acceptors (Lipinski definition) is 4. The Morgan fingerprint density at radius 3 is 2.86 bits per heavy atom. The van der Waals surface area contributed by atoms with Crippen molar-refractivity contribution >= 4 is 17.2 Å². The third-order valence-electron chi connectivity index (χ3n) is 3.91. The van der Waals surface area contributed by atoms with Crippen LogP contribution in [0, 0.1) is 0 Å². The van der Waals surface area contributed by atoms with Crippen LogP contribution in [0.15, 0.2) is 41.8 Å². The highest BCUT2D eigenvalue weighted by molar-refractivity contribution is 7.12. The molecule has 1 aromatic heterocycles. The third-order valence-corrected chi connectivity index (χ3v) is 4.82. The zero-order valence-electron chi connectivity index (χ0n) is 12.4. The number of carbonyl (C=O) groups is 1. The van der Waals surface area contributed by atoms with Gasteiger partial charge in [-0.05, 0) is 23.9 Å². The molecule has 0 spiro atoms. The van der Waals surface area contributed by atoms with Gasteiger partial charge in [0.15, 0.2) is 0 Å². The number of ether oxygens (including phenoxy) is 1.